The molecule has 1 unspecified atom stereocenters. The second-order valence-corrected chi connectivity index (χ2v) is 9.66. The summed E-state index contributed by atoms with van der Waals surface area (Å²) in [4.78, 5) is 11.1. The number of hydrogen-bond acceptors (Lipinski definition) is 8. The minimum Gasteiger partial charge on any atom is -0.471 e. The Kier molecular flexibility index (Phi) is 5.24. The van der Waals surface area contributed by atoms with E-state index in [1.54, 1.807) is 7.05 Å². The Morgan fingerprint density at radius 2 is 2.00 bits per heavy atom. The fourth-order valence-corrected chi connectivity index (χ4v) is 5.35. The van der Waals surface area contributed by atoms with Crippen molar-refractivity contribution in [2.45, 2.75) is 17.4 Å². The van der Waals surface area contributed by atoms with Crippen molar-refractivity contribution in [3.8, 4) is 5.88 Å². The van der Waals surface area contributed by atoms with E-state index in [1.165, 1.54) is 27.7 Å². The summed E-state index contributed by atoms with van der Waals surface area (Å²) in [5.41, 5.74) is 1.80. The molecule has 0 amide bonds. The highest BCUT2D eigenvalue weighted by Gasteiger charge is 2.29. The van der Waals surface area contributed by atoms with Gasteiger partial charge in [-0.2, -0.15) is 9.40 Å². The standard InChI is InChI=1S/C20H24N6O4S/c1-24-12-17(11-23-24)31(27,28)26-7-5-25(6-8-26)15-2-3-19-18(10-15)20(22-14-21-19)30-16-4-9-29-13-16/h2-3,10-12,14,16H,4-9,13H2,1H3. The molecular weight excluding hydrogens is 420 g/mol. The molecule has 1 aromatic carbocycles. The van der Waals surface area contributed by atoms with Crippen LogP contribution in [-0.4, -0.2) is 78.0 Å². The van der Waals surface area contributed by atoms with Crippen LogP contribution in [0.1, 0.15) is 6.42 Å². The normalized spacial score (nSPS) is 20.4. The highest BCUT2D eigenvalue weighted by atomic mass is 32.2. The van der Waals surface area contributed by atoms with Gasteiger partial charge in [0.05, 0.1) is 30.3 Å². The van der Waals surface area contributed by atoms with Crippen LogP contribution in [0.15, 0.2) is 41.8 Å². The van der Waals surface area contributed by atoms with Crippen molar-refractivity contribution in [2.75, 3.05) is 44.3 Å². The van der Waals surface area contributed by atoms with Gasteiger partial charge in [-0.1, -0.05) is 0 Å². The van der Waals surface area contributed by atoms with Gasteiger partial charge in [0.2, 0.25) is 15.9 Å². The molecule has 2 aromatic heterocycles. The van der Waals surface area contributed by atoms with Gasteiger partial charge in [-0.3, -0.25) is 4.68 Å². The molecule has 164 valence electrons. The van der Waals surface area contributed by atoms with E-state index in [1.807, 2.05) is 18.2 Å². The van der Waals surface area contributed by atoms with Gasteiger partial charge >= 0.3 is 0 Å². The Labute approximate surface area is 180 Å². The zero-order valence-electron chi connectivity index (χ0n) is 17.2. The van der Waals surface area contributed by atoms with Gasteiger partial charge in [-0.25, -0.2) is 18.4 Å². The molecule has 0 radical (unpaired) electrons. The number of nitrogens with zero attached hydrogens (tertiary/aromatic N) is 6. The zero-order valence-corrected chi connectivity index (χ0v) is 18.0. The number of fused-ring (bicyclic) bond motifs is 1. The van der Waals surface area contributed by atoms with Gasteiger partial charge in [-0.05, 0) is 18.2 Å². The third-order valence-corrected chi connectivity index (χ3v) is 7.52. The summed E-state index contributed by atoms with van der Waals surface area (Å²) in [7, 11) is -1.82. The predicted molar refractivity (Wildman–Crippen MR) is 114 cm³/mol. The first-order chi connectivity index (χ1) is 15.0. The first-order valence-corrected chi connectivity index (χ1v) is 11.7. The summed E-state index contributed by atoms with van der Waals surface area (Å²) in [6.07, 6.45) is 5.28. The van der Waals surface area contributed by atoms with E-state index in [-0.39, 0.29) is 11.0 Å². The average Bonchev–Trinajstić information content (AvgIpc) is 3.46. The topological polar surface area (TPSA) is 103 Å². The fourth-order valence-electron chi connectivity index (χ4n) is 3.94. The highest BCUT2D eigenvalue weighted by Crippen LogP contribution is 2.29. The molecule has 1 atom stereocenters. The molecule has 2 saturated heterocycles. The van der Waals surface area contributed by atoms with E-state index in [4.69, 9.17) is 9.47 Å². The Bertz CT molecular complexity index is 1180. The molecule has 0 aliphatic carbocycles. The average molecular weight is 445 g/mol. The molecule has 2 fully saturated rings. The number of hydrogen-bond donors (Lipinski definition) is 0. The van der Waals surface area contributed by atoms with E-state index >= 15 is 0 Å². The molecule has 10 nitrogen and oxygen atoms in total. The number of sulfonamides is 1. The smallest absolute Gasteiger partial charge is 0.246 e. The number of piperazine rings is 1. The van der Waals surface area contributed by atoms with Crippen molar-refractivity contribution < 1.29 is 17.9 Å². The van der Waals surface area contributed by atoms with Crippen molar-refractivity contribution in [3.63, 3.8) is 0 Å². The number of anilines is 1. The number of aryl methyl sites for hydroxylation is 1. The quantitative estimate of drug-likeness (QED) is 0.575. The fraction of sp³-hybridized carbons (Fsp3) is 0.450. The highest BCUT2D eigenvalue weighted by molar-refractivity contribution is 7.89. The Balaban J connectivity index is 1.33. The van der Waals surface area contributed by atoms with Crippen LogP contribution in [0.5, 0.6) is 5.88 Å². The Morgan fingerprint density at radius 3 is 2.71 bits per heavy atom. The van der Waals surface area contributed by atoms with E-state index in [0.29, 0.717) is 45.3 Å². The Hall–Kier alpha value is -2.76. The van der Waals surface area contributed by atoms with Gasteiger partial charge in [0.15, 0.2) is 0 Å². The summed E-state index contributed by atoms with van der Waals surface area (Å²) in [6, 6.07) is 5.97. The number of ether oxygens (including phenoxy) is 2. The van der Waals surface area contributed by atoms with Crippen LogP contribution < -0.4 is 9.64 Å². The molecule has 5 rings (SSSR count). The molecule has 3 aromatic rings. The van der Waals surface area contributed by atoms with E-state index < -0.39 is 10.0 Å². The van der Waals surface area contributed by atoms with Crippen molar-refractivity contribution in [2.24, 2.45) is 7.05 Å². The minimum absolute atomic E-state index is 0.00276. The lowest BCUT2D eigenvalue weighted by atomic mass is 10.2. The van der Waals surface area contributed by atoms with Crippen LogP contribution in [-0.2, 0) is 21.8 Å². The number of rotatable bonds is 5. The van der Waals surface area contributed by atoms with Crippen LogP contribution in [0.25, 0.3) is 10.9 Å². The van der Waals surface area contributed by atoms with Crippen LogP contribution in [0.3, 0.4) is 0 Å². The summed E-state index contributed by atoms with van der Waals surface area (Å²) in [6.45, 7) is 3.26. The second-order valence-electron chi connectivity index (χ2n) is 7.72. The largest absolute Gasteiger partial charge is 0.471 e. The van der Waals surface area contributed by atoms with E-state index in [0.717, 1.165) is 23.0 Å². The third kappa shape index (κ3) is 3.95. The van der Waals surface area contributed by atoms with Gasteiger partial charge in [0.1, 0.15) is 17.3 Å². The van der Waals surface area contributed by atoms with Gasteiger partial charge < -0.3 is 14.4 Å². The summed E-state index contributed by atoms with van der Waals surface area (Å²) < 4.78 is 40.1. The molecule has 0 saturated carbocycles. The summed E-state index contributed by atoms with van der Waals surface area (Å²) in [5, 5.41) is 4.83. The SMILES string of the molecule is Cn1cc(S(=O)(=O)N2CCN(c3ccc4ncnc(OC5CCOC5)c4c3)CC2)cn1. The van der Waals surface area contributed by atoms with Gasteiger partial charge in [-0.15, -0.1) is 0 Å². The molecule has 11 heteroatoms. The molecule has 0 N–H and O–H groups in total. The molecule has 0 spiro atoms. The maximum absolute atomic E-state index is 12.8. The second kappa shape index (κ2) is 8.06. The minimum atomic E-state index is -3.53. The monoisotopic (exact) mass is 444 g/mol. The van der Waals surface area contributed by atoms with Crippen molar-refractivity contribution in [1.82, 2.24) is 24.1 Å². The molecule has 31 heavy (non-hydrogen) atoms. The number of benzene rings is 1. The molecule has 4 heterocycles. The summed E-state index contributed by atoms with van der Waals surface area (Å²) >= 11 is 0. The van der Waals surface area contributed by atoms with Crippen LogP contribution >= 0.6 is 0 Å². The molecular formula is C20H24N6O4S. The third-order valence-electron chi connectivity index (χ3n) is 5.67. The van der Waals surface area contributed by atoms with Gasteiger partial charge in [0.25, 0.3) is 0 Å². The maximum Gasteiger partial charge on any atom is 0.246 e. The van der Waals surface area contributed by atoms with Gasteiger partial charge in [0, 0.05) is 51.5 Å². The maximum atomic E-state index is 12.8. The van der Waals surface area contributed by atoms with Crippen LogP contribution in [0.4, 0.5) is 5.69 Å². The predicted octanol–water partition coefficient (Wildman–Crippen LogP) is 1.04. The Morgan fingerprint density at radius 1 is 1.16 bits per heavy atom. The number of aromatic nitrogens is 4. The van der Waals surface area contributed by atoms with E-state index in [2.05, 4.69) is 20.0 Å². The van der Waals surface area contributed by atoms with E-state index in [9.17, 15) is 8.42 Å². The molecule has 2 aliphatic rings. The lowest BCUT2D eigenvalue weighted by molar-refractivity contribution is 0.139. The molecule has 2 aliphatic heterocycles. The molecule has 0 bridgehead atoms. The first kappa shape index (κ1) is 20.2. The first-order valence-electron chi connectivity index (χ1n) is 10.2. The van der Waals surface area contributed by atoms with Crippen molar-refractivity contribution >= 4 is 26.6 Å². The van der Waals surface area contributed by atoms with Crippen molar-refractivity contribution in [1.29, 1.82) is 0 Å². The van der Waals surface area contributed by atoms with Crippen molar-refractivity contribution in [3.05, 3.63) is 36.9 Å². The lowest BCUT2D eigenvalue weighted by Gasteiger charge is -2.35. The van der Waals surface area contributed by atoms with Crippen LogP contribution in [0, 0.1) is 0 Å². The summed E-state index contributed by atoms with van der Waals surface area (Å²) in [5.74, 6) is 0.556. The zero-order chi connectivity index (χ0) is 21.4. The lowest BCUT2D eigenvalue weighted by Crippen LogP contribution is -2.48. The van der Waals surface area contributed by atoms with Crippen LogP contribution in [0.2, 0.25) is 0 Å².